The molecule has 3 nitrogen and oxygen atoms in total. The molecule has 0 radical (unpaired) electrons. The number of carbonyl (C=O) groups is 2. The summed E-state index contributed by atoms with van der Waals surface area (Å²) in [5.41, 5.74) is 0.399. The van der Waals surface area contributed by atoms with Gasteiger partial charge in [-0.15, -0.1) is 0 Å². The topological polar surface area (TPSA) is 43.4 Å². The Morgan fingerprint density at radius 2 is 1.77 bits per heavy atom. The first-order chi connectivity index (χ1) is 10.6. The normalized spacial score (nSPS) is 10.6. The van der Waals surface area contributed by atoms with Crippen molar-refractivity contribution in [3.8, 4) is 0 Å². The van der Waals surface area contributed by atoms with Crippen molar-refractivity contribution in [3.05, 3.63) is 60.4 Å². The Labute approximate surface area is 132 Å². The third-order valence-corrected chi connectivity index (χ3v) is 3.24. The summed E-state index contributed by atoms with van der Waals surface area (Å²) in [5, 5.41) is 0. The lowest BCUT2D eigenvalue weighted by Crippen LogP contribution is -2.09. The van der Waals surface area contributed by atoms with Gasteiger partial charge in [0.1, 0.15) is 0 Å². The number of carbonyl (C=O) groups excluding carboxylic acids is 2. The van der Waals surface area contributed by atoms with Crippen LogP contribution in [-0.4, -0.2) is 11.8 Å². The molecule has 0 aliphatic carbocycles. The van der Waals surface area contributed by atoms with Gasteiger partial charge in [0, 0.05) is 0 Å². The molecule has 118 valence electrons. The highest BCUT2D eigenvalue weighted by molar-refractivity contribution is 6.04. The van der Waals surface area contributed by atoms with E-state index in [0.29, 0.717) is 5.56 Å². The molecular weight excluding hydrogens is 276 g/mol. The average Bonchev–Trinajstić information content (AvgIpc) is 2.54. The monoisotopic (exact) mass is 300 g/mol. The molecule has 0 atom stereocenters. The molecule has 1 rings (SSSR count). The summed E-state index contributed by atoms with van der Waals surface area (Å²) in [6, 6.07) is 8.54. The lowest BCUT2D eigenvalue weighted by molar-refractivity contribution is -0.113. The maximum Gasteiger partial charge on any atom is 0.343 e. The van der Waals surface area contributed by atoms with Gasteiger partial charge in [-0.2, -0.15) is 0 Å². The molecule has 22 heavy (non-hydrogen) atoms. The van der Waals surface area contributed by atoms with Crippen LogP contribution < -0.4 is 0 Å². The molecular formula is C19H24O3. The molecule has 0 saturated carbocycles. The molecule has 0 unspecified atom stereocenters. The minimum absolute atomic E-state index is 0.143. The quantitative estimate of drug-likeness (QED) is 0.269. The van der Waals surface area contributed by atoms with Crippen molar-refractivity contribution >= 4 is 11.8 Å². The summed E-state index contributed by atoms with van der Waals surface area (Å²) in [5.74, 6) is -1.07. The average molecular weight is 300 g/mol. The van der Waals surface area contributed by atoms with Crippen molar-refractivity contribution in [1.29, 1.82) is 0 Å². The van der Waals surface area contributed by atoms with Crippen LogP contribution in [-0.2, 0) is 9.53 Å². The van der Waals surface area contributed by atoms with Gasteiger partial charge < -0.3 is 4.74 Å². The first kappa shape index (κ1) is 17.9. The van der Waals surface area contributed by atoms with E-state index in [9.17, 15) is 9.59 Å². The van der Waals surface area contributed by atoms with Crippen LogP contribution >= 0.6 is 0 Å². The summed E-state index contributed by atoms with van der Waals surface area (Å²) >= 11 is 0. The smallest absolute Gasteiger partial charge is 0.343 e. The predicted molar refractivity (Wildman–Crippen MR) is 88.5 cm³/mol. The minimum atomic E-state index is -0.563. The van der Waals surface area contributed by atoms with Gasteiger partial charge >= 0.3 is 5.97 Å². The molecule has 0 amide bonds. The van der Waals surface area contributed by atoms with Crippen molar-refractivity contribution in [3.63, 3.8) is 0 Å². The van der Waals surface area contributed by atoms with Crippen LogP contribution in [0, 0.1) is 0 Å². The lowest BCUT2D eigenvalue weighted by Gasteiger charge is -2.04. The molecule has 0 bridgehead atoms. The van der Waals surface area contributed by atoms with E-state index in [1.807, 2.05) is 6.08 Å². The Morgan fingerprint density at radius 1 is 1.09 bits per heavy atom. The van der Waals surface area contributed by atoms with Crippen LogP contribution in [0.5, 0.6) is 0 Å². The summed E-state index contributed by atoms with van der Waals surface area (Å²) in [6.07, 6.45) is 10.1. The Bertz CT molecular complexity index is 515. The van der Waals surface area contributed by atoms with E-state index < -0.39 is 5.97 Å². The number of hydrogen-bond acceptors (Lipinski definition) is 3. The number of rotatable bonds is 10. The SMILES string of the molecule is C=C(OC(=O)c1ccccc1)C(=O)/C=C/CCCCCCC. The number of ether oxygens (including phenoxy) is 1. The predicted octanol–water partition coefficient (Wildman–Crippen LogP) is 4.84. The molecule has 0 N–H and O–H groups in total. The lowest BCUT2D eigenvalue weighted by atomic mass is 10.1. The van der Waals surface area contributed by atoms with E-state index in [4.69, 9.17) is 4.74 Å². The third kappa shape index (κ3) is 7.02. The molecule has 0 heterocycles. The van der Waals surface area contributed by atoms with Gasteiger partial charge in [-0.25, -0.2) is 4.79 Å². The van der Waals surface area contributed by atoms with Gasteiger partial charge in [-0.3, -0.25) is 4.79 Å². The summed E-state index contributed by atoms with van der Waals surface area (Å²) < 4.78 is 4.97. The fourth-order valence-electron chi connectivity index (χ4n) is 1.94. The molecule has 0 saturated heterocycles. The second-order valence-electron chi connectivity index (χ2n) is 5.15. The molecule has 1 aromatic carbocycles. The largest absolute Gasteiger partial charge is 0.419 e. The van der Waals surface area contributed by atoms with E-state index >= 15 is 0 Å². The molecule has 3 heteroatoms. The molecule has 0 fully saturated rings. The van der Waals surface area contributed by atoms with Gasteiger partial charge in [-0.05, 0) is 31.1 Å². The maximum absolute atomic E-state index is 11.8. The molecule has 0 aliphatic heterocycles. The van der Waals surface area contributed by atoms with Gasteiger partial charge in [0.15, 0.2) is 5.76 Å². The second-order valence-corrected chi connectivity index (χ2v) is 5.15. The van der Waals surface area contributed by atoms with Crippen LogP contribution in [0.1, 0.15) is 55.8 Å². The molecule has 0 spiro atoms. The van der Waals surface area contributed by atoms with Crippen LogP contribution in [0.25, 0.3) is 0 Å². The highest BCUT2D eigenvalue weighted by Crippen LogP contribution is 2.08. The highest BCUT2D eigenvalue weighted by atomic mass is 16.5. The summed E-state index contributed by atoms with van der Waals surface area (Å²) in [7, 11) is 0. The zero-order chi connectivity index (χ0) is 16.2. The first-order valence-corrected chi connectivity index (χ1v) is 7.82. The summed E-state index contributed by atoms with van der Waals surface area (Å²) in [6.45, 7) is 5.70. The molecule has 0 aromatic heterocycles. The first-order valence-electron chi connectivity index (χ1n) is 7.82. The third-order valence-electron chi connectivity index (χ3n) is 3.24. The van der Waals surface area contributed by atoms with E-state index in [-0.39, 0.29) is 11.5 Å². The fourth-order valence-corrected chi connectivity index (χ4v) is 1.94. The number of hydrogen-bond donors (Lipinski definition) is 0. The van der Waals surface area contributed by atoms with Crippen molar-refractivity contribution in [1.82, 2.24) is 0 Å². The number of allylic oxidation sites excluding steroid dienone is 2. The standard InChI is InChI=1S/C19H24O3/c1-3-4-5-6-7-8-12-15-18(20)16(2)22-19(21)17-13-10-9-11-14-17/h9-15H,2-8H2,1H3/b15-12+. The summed E-state index contributed by atoms with van der Waals surface area (Å²) in [4.78, 5) is 23.6. The maximum atomic E-state index is 11.8. The second kappa shape index (κ2) is 10.6. The number of unbranched alkanes of at least 4 members (excludes halogenated alkanes) is 5. The van der Waals surface area contributed by atoms with Crippen molar-refractivity contribution in [2.75, 3.05) is 0 Å². The zero-order valence-corrected chi connectivity index (χ0v) is 13.2. The van der Waals surface area contributed by atoms with Crippen LogP contribution in [0.3, 0.4) is 0 Å². The van der Waals surface area contributed by atoms with Gasteiger partial charge in [0.05, 0.1) is 5.56 Å². The van der Waals surface area contributed by atoms with E-state index in [1.165, 1.54) is 31.8 Å². The number of benzene rings is 1. The highest BCUT2D eigenvalue weighted by Gasteiger charge is 2.12. The number of esters is 1. The van der Waals surface area contributed by atoms with Crippen LogP contribution in [0.4, 0.5) is 0 Å². The van der Waals surface area contributed by atoms with Crippen LogP contribution in [0.2, 0.25) is 0 Å². The van der Waals surface area contributed by atoms with Crippen LogP contribution in [0.15, 0.2) is 54.8 Å². The van der Waals surface area contributed by atoms with Gasteiger partial charge in [0.25, 0.3) is 0 Å². The van der Waals surface area contributed by atoms with Gasteiger partial charge in [-0.1, -0.05) is 63.5 Å². The number of ketones is 1. The Balaban J connectivity index is 2.30. The Hall–Kier alpha value is -2.16. The molecule has 0 aliphatic rings. The van der Waals surface area contributed by atoms with Crippen molar-refractivity contribution in [2.24, 2.45) is 0 Å². The Morgan fingerprint density at radius 3 is 2.45 bits per heavy atom. The fraction of sp³-hybridized carbons (Fsp3) is 0.368. The van der Waals surface area contributed by atoms with Crippen molar-refractivity contribution in [2.45, 2.75) is 45.4 Å². The minimum Gasteiger partial charge on any atom is -0.419 e. The Kier molecular flexibility index (Phi) is 8.58. The van der Waals surface area contributed by atoms with E-state index in [2.05, 4.69) is 13.5 Å². The van der Waals surface area contributed by atoms with E-state index in [1.54, 1.807) is 30.3 Å². The van der Waals surface area contributed by atoms with Crippen molar-refractivity contribution < 1.29 is 14.3 Å². The molecule has 1 aromatic rings. The van der Waals surface area contributed by atoms with Gasteiger partial charge in [0.2, 0.25) is 5.78 Å². The zero-order valence-electron chi connectivity index (χ0n) is 13.2. The van der Waals surface area contributed by atoms with E-state index in [0.717, 1.165) is 12.8 Å².